The number of benzene rings is 2. The number of carbonyl (C=O) groups is 2. The zero-order valence-corrected chi connectivity index (χ0v) is 15.2. The maximum Gasteiger partial charge on any atom is 0.338 e. The first kappa shape index (κ1) is 18.6. The molecule has 0 atom stereocenters. The molecule has 7 nitrogen and oxygen atoms in total. The molecule has 0 aromatic heterocycles. The second-order valence-electron chi connectivity index (χ2n) is 6.17. The summed E-state index contributed by atoms with van der Waals surface area (Å²) in [6.07, 6.45) is 0.0482. The molecule has 27 heavy (non-hydrogen) atoms. The monoisotopic (exact) mass is 371 g/mol. The number of anilines is 1. The molecule has 142 valence electrons. The number of amides is 1. The van der Waals surface area contributed by atoms with E-state index >= 15 is 0 Å². The Morgan fingerprint density at radius 3 is 2.44 bits per heavy atom. The Morgan fingerprint density at radius 2 is 1.74 bits per heavy atom. The van der Waals surface area contributed by atoms with Crippen LogP contribution in [0.2, 0.25) is 0 Å². The van der Waals surface area contributed by atoms with E-state index in [1.165, 1.54) is 0 Å². The van der Waals surface area contributed by atoms with Crippen molar-refractivity contribution in [3.05, 3.63) is 48.0 Å². The number of fused-ring (bicyclic) bond motifs is 1. The van der Waals surface area contributed by atoms with Crippen LogP contribution in [0.4, 0.5) is 5.69 Å². The Labute approximate surface area is 157 Å². The van der Waals surface area contributed by atoms with Crippen molar-refractivity contribution in [2.75, 3.05) is 25.1 Å². The van der Waals surface area contributed by atoms with Gasteiger partial charge in [-0.3, -0.25) is 4.79 Å². The third kappa shape index (κ3) is 5.13. The Hall–Kier alpha value is -3.22. The van der Waals surface area contributed by atoms with E-state index in [1.54, 1.807) is 42.5 Å². The highest BCUT2D eigenvalue weighted by Gasteiger charge is 2.14. The van der Waals surface area contributed by atoms with Crippen LogP contribution < -0.4 is 19.5 Å². The number of ether oxygens (including phenoxy) is 4. The van der Waals surface area contributed by atoms with Crippen LogP contribution in [0.5, 0.6) is 17.2 Å². The predicted molar refractivity (Wildman–Crippen MR) is 98.6 cm³/mol. The first-order chi connectivity index (χ1) is 13.0. The molecule has 0 aliphatic carbocycles. The first-order valence-electron chi connectivity index (χ1n) is 8.64. The van der Waals surface area contributed by atoms with Gasteiger partial charge in [-0.25, -0.2) is 4.79 Å². The van der Waals surface area contributed by atoms with E-state index < -0.39 is 18.5 Å². The van der Waals surface area contributed by atoms with Crippen LogP contribution in [0, 0.1) is 0 Å². The Balaban J connectivity index is 1.50. The quantitative estimate of drug-likeness (QED) is 0.786. The van der Waals surface area contributed by atoms with Crippen molar-refractivity contribution in [3.8, 4) is 17.2 Å². The summed E-state index contributed by atoms with van der Waals surface area (Å²) in [4.78, 5) is 24.1. The third-order valence-electron chi connectivity index (χ3n) is 3.62. The van der Waals surface area contributed by atoms with Gasteiger partial charge in [-0.05, 0) is 50.2 Å². The molecule has 0 fully saturated rings. The summed E-state index contributed by atoms with van der Waals surface area (Å²) < 4.78 is 21.5. The van der Waals surface area contributed by atoms with E-state index in [9.17, 15) is 9.59 Å². The van der Waals surface area contributed by atoms with Crippen LogP contribution >= 0.6 is 0 Å². The topological polar surface area (TPSA) is 83.1 Å². The second-order valence-corrected chi connectivity index (χ2v) is 6.17. The van der Waals surface area contributed by atoms with Crippen molar-refractivity contribution in [2.24, 2.45) is 0 Å². The summed E-state index contributed by atoms with van der Waals surface area (Å²) in [5.74, 6) is 0.844. The van der Waals surface area contributed by atoms with E-state index in [-0.39, 0.29) is 6.10 Å². The number of carbonyl (C=O) groups excluding carboxylic acids is 2. The van der Waals surface area contributed by atoms with Gasteiger partial charge in [0, 0.05) is 11.8 Å². The molecule has 2 aromatic rings. The lowest BCUT2D eigenvalue weighted by molar-refractivity contribution is -0.119. The van der Waals surface area contributed by atoms with Gasteiger partial charge in [0.05, 0.1) is 11.7 Å². The summed E-state index contributed by atoms with van der Waals surface area (Å²) in [5, 5.41) is 2.66. The predicted octanol–water partition coefficient (Wildman–Crippen LogP) is 3.04. The summed E-state index contributed by atoms with van der Waals surface area (Å²) in [5.41, 5.74) is 0.883. The summed E-state index contributed by atoms with van der Waals surface area (Å²) in [6, 6.07) is 11.6. The maximum absolute atomic E-state index is 12.0. The van der Waals surface area contributed by atoms with E-state index in [2.05, 4.69) is 5.32 Å². The molecular formula is C20H21NO6. The molecule has 0 spiro atoms. The number of rotatable bonds is 6. The molecule has 7 heteroatoms. The fourth-order valence-corrected chi connectivity index (χ4v) is 2.47. The SMILES string of the molecule is CC(C)Oc1ccc(C(=O)OCC(=O)Nc2ccc3c(c2)OCCO3)cc1. The molecule has 1 heterocycles. The van der Waals surface area contributed by atoms with Gasteiger partial charge in [-0.15, -0.1) is 0 Å². The summed E-state index contributed by atoms with van der Waals surface area (Å²) in [7, 11) is 0. The molecule has 0 saturated carbocycles. The second kappa shape index (κ2) is 8.44. The highest BCUT2D eigenvalue weighted by molar-refractivity contribution is 5.95. The summed E-state index contributed by atoms with van der Waals surface area (Å²) in [6.45, 7) is 4.41. The average molecular weight is 371 g/mol. The maximum atomic E-state index is 12.0. The number of hydrogen-bond donors (Lipinski definition) is 1. The van der Waals surface area contributed by atoms with Gasteiger partial charge in [0.1, 0.15) is 19.0 Å². The molecule has 0 unspecified atom stereocenters. The largest absolute Gasteiger partial charge is 0.491 e. The number of hydrogen-bond acceptors (Lipinski definition) is 6. The van der Waals surface area contributed by atoms with E-state index in [1.807, 2.05) is 13.8 Å². The number of nitrogens with one attached hydrogen (secondary N) is 1. The molecule has 0 saturated heterocycles. The minimum atomic E-state index is -0.580. The average Bonchev–Trinajstić information content (AvgIpc) is 2.66. The normalized spacial score (nSPS) is 12.4. The van der Waals surface area contributed by atoms with Crippen molar-refractivity contribution in [1.82, 2.24) is 0 Å². The van der Waals surface area contributed by atoms with Crippen LogP contribution in [-0.4, -0.2) is 37.8 Å². The van der Waals surface area contributed by atoms with Gasteiger partial charge in [0.25, 0.3) is 5.91 Å². The van der Waals surface area contributed by atoms with E-state index in [0.717, 1.165) is 0 Å². The first-order valence-corrected chi connectivity index (χ1v) is 8.64. The fourth-order valence-electron chi connectivity index (χ4n) is 2.47. The Bertz CT molecular complexity index is 816. The van der Waals surface area contributed by atoms with Crippen molar-refractivity contribution >= 4 is 17.6 Å². The molecule has 0 radical (unpaired) electrons. The fraction of sp³-hybridized carbons (Fsp3) is 0.300. The lowest BCUT2D eigenvalue weighted by Gasteiger charge is -2.19. The Morgan fingerprint density at radius 1 is 1.04 bits per heavy atom. The van der Waals surface area contributed by atoms with Gasteiger partial charge < -0.3 is 24.3 Å². The number of esters is 1. The smallest absolute Gasteiger partial charge is 0.338 e. The zero-order valence-electron chi connectivity index (χ0n) is 15.2. The standard InChI is InChI=1S/C20H21NO6/c1-13(2)27-16-6-3-14(4-7-16)20(23)26-12-19(22)21-15-5-8-17-18(11-15)25-10-9-24-17/h3-8,11,13H,9-10,12H2,1-2H3,(H,21,22). The van der Waals surface area contributed by atoms with Crippen LogP contribution in [0.3, 0.4) is 0 Å². The molecular weight excluding hydrogens is 350 g/mol. The van der Waals surface area contributed by atoms with Gasteiger partial charge in [0.15, 0.2) is 18.1 Å². The van der Waals surface area contributed by atoms with Crippen molar-refractivity contribution in [2.45, 2.75) is 20.0 Å². The minimum Gasteiger partial charge on any atom is -0.491 e. The van der Waals surface area contributed by atoms with Crippen molar-refractivity contribution in [3.63, 3.8) is 0 Å². The highest BCUT2D eigenvalue weighted by Crippen LogP contribution is 2.32. The lowest BCUT2D eigenvalue weighted by atomic mass is 10.2. The van der Waals surface area contributed by atoms with Gasteiger partial charge in [-0.1, -0.05) is 0 Å². The lowest BCUT2D eigenvalue weighted by Crippen LogP contribution is -2.21. The zero-order chi connectivity index (χ0) is 19.2. The van der Waals surface area contributed by atoms with Crippen LogP contribution in [-0.2, 0) is 9.53 Å². The van der Waals surface area contributed by atoms with Gasteiger partial charge in [0.2, 0.25) is 0 Å². The van der Waals surface area contributed by atoms with Crippen molar-refractivity contribution in [1.29, 1.82) is 0 Å². The summed E-state index contributed by atoms with van der Waals surface area (Å²) >= 11 is 0. The molecule has 1 amide bonds. The van der Waals surface area contributed by atoms with E-state index in [4.69, 9.17) is 18.9 Å². The molecule has 0 bridgehead atoms. The van der Waals surface area contributed by atoms with Crippen molar-refractivity contribution < 1.29 is 28.5 Å². The molecule has 1 aliphatic heterocycles. The molecule has 2 aromatic carbocycles. The van der Waals surface area contributed by atoms with Crippen LogP contribution in [0.15, 0.2) is 42.5 Å². The third-order valence-corrected chi connectivity index (χ3v) is 3.62. The molecule has 3 rings (SSSR count). The van der Waals surface area contributed by atoms with Gasteiger partial charge in [-0.2, -0.15) is 0 Å². The Kier molecular flexibility index (Phi) is 5.80. The van der Waals surface area contributed by atoms with Crippen LogP contribution in [0.1, 0.15) is 24.2 Å². The van der Waals surface area contributed by atoms with E-state index in [0.29, 0.717) is 41.7 Å². The molecule has 1 aliphatic rings. The minimum absolute atomic E-state index is 0.0482. The highest BCUT2D eigenvalue weighted by atomic mass is 16.6. The molecule has 1 N–H and O–H groups in total. The van der Waals surface area contributed by atoms with Crippen LogP contribution in [0.25, 0.3) is 0 Å². The van der Waals surface area contributed by atoms with Gasteiger partial charge >= 0.3 is 5.97 Å².